The predicted octanol–water partition coefficient (Wildman–Crippen LogP) is 6.68. The van der Waals surface area contributed by atoms with E-state index in [1.54, 1.807) is 4.57 Å². The van der Waals surface area contributed by atoms with Crippen LogP contribution < -0.4 is 5.69 Å². The molecule has 1 fully saturated rings. The van der Waals surface area contributed by atoms with Gasteiger partial charge in [-0.1, -0.05) is 50.6 Å². The van der Waals surface area contributed by atoms with Crippen LogP contribution >= 0.6 is 0 Å². The Bertz CT molecular complexity index is 1330. The second kappa shape index (κ2) is 8.81. The Morgan fingerprint density at radius 3 is 2.62 bits per heavy atom. The van der Waals surface area contributed by atoms with Gasteiger partial charge in [0.1, 0.15) is 5.65 Å². The largest absolute Gasteiger partial charge is 0.339 e. The molecule has 3 aromatic heterocycles. The molecule has 0 saturated heterocycles. The third-order valence-corrected chi connectivity index (χ3v) is 6.64. The van der Waals surface area contributed by atoms with Gasteiger partial charge in [-0.2, -0.15) is 0 Å². The fourth-order valence-electron chi connectivity index (χ4n) is 5.23. The van der Waals surface area contributed by atoms with Crippen LogP contribution in [0.15, 0.2) is 47.4 Å². The van der Waals surface area contributed by atoms with Crippen molar-refractivity contribution in [2.24, 2.45) is 7.05 Å². The van der Waals surface area contributed by atoms with E-state index in [1.807, 2.05) is 38.6 Å². The lowest BCUT2D eigenvalue weighted by Gasteiger charge is -2.14. The van der Waals surface area contributed by atoms with Crippen molar-refractivity contribution < 1.29 is 0 Å². The van der Waals surface area contributed by atoms with E-state index in [0.29, 0.717) is 0 Å². The van der Waals surface area contributed by atoms with Gasteiger partial charge < -0.3 is 4.98 Å². The molecule has 0 atom stereocenters. The molecule has 0 bridgehead atoms. The molecule has 3 aromatic rings. The van der Waals surface area contributed by atoms with Gasteiger partial charge in [0, 0.05) is 18.7 Å². The smallest absolute Gasteiger partial charge is 0.329 e. The molecule has 0 amide bonds. The normalized spacial score (nSPS) is 16.3. The highest BCUT2D eigenvalue weighted by Gasteiger charge is 2.28. The van der Waals surface area contributed by atoms with Gasteiger partial charge >= 0.3 is 5.69 Å². The first-order valence-corrected chi connectivity index (χ1v) is 11.7. The molecular weight excluding hydrogens is 396 g/mol. The molecule has 0 aromatic carbocycles. The van der Waals surface area contributed by atoms with Gasteiger partial charge in [0.25, 0.3) is 0 Å². The second-order valence-corrected chi connectivity index (χ2v) is 8.79. The van der Waals surface area contributed by atoms with E-state index < -0.39 is 0 Å². The fraction of sp³-hybridized carbons (Fsp3) is 0.407. The van der Waals surface area contributed by atoms with Gasteiger partial charge in [-0.05, 0) is 56.8 Å². The molecule has 1 saturated carbocycles. The van der Waals surface area contributed by atoms with Gasteiger partial charge in [-0.25, -0.2) is 9.78 Å². The van der Waals surface area contributed by atoms with Gasteiger partial charge in [0.05, 0.1) is 28.3 Å². The molecule has 0 radical (unpaired) electrons. The summed E-state index contributed by atoms with van der Waals surface area (Å²) >= 11 is 0. The Morgan fingerprint density at radius 2 is 2.03 bits per heavy atom. The highest BCUT2D eigenvalue weighted by molar-refractivity contribution is 6.11. The van der Waals surface area contributed by atoms with Crippen molar-refractivity contribution in [2.45, 2.75) is 65.8 Å². The monoisotopic (exact) mass is 430 g/mol. The van der Waals surface area contributed by atoms with Crippen LogP contribution in [0.25, 0.3) is 33.2 Å². The average molecular weight is 431 g/mol. The number of imidazole rings is 1. The molecule has 1 aliphatic rings. The van der Waals surface area contributed by atoms with E-state index >= 15 is 0 Å². The zero-order valence-corrected chi connectivity index (χ0v) is 20.0. The van der Waals surface area contributed by atoms with Crippen LogP contribution in [0.5, 0.6) is 0 Å². The van der Waals surface area contributed by atoms with E-state index in [1.165, 1.54) is 12.8 Å². The highest BCUT2D eigenvalue weighted by atomic mass is 16.1. The number of aryl methyl sites for hydroxylation is 1. The standard InChI is InChI=1S/C27H34N4O/c1-7-12-18(13-8-2)22-23-25-21(30(6)27(32)31(25)19-14-10-11-15-19)16-28-26(23)29-24(22)20(9-3)17(4)5/h7,9,12-13,16,19H,4,8,10-11,14-15H2,1-3,5-6H3,(H,28,29)/b12-7-,18-13+,20-9+. The van der Waals surface area contributed by atoms with E-state index in [4.69, 9.17) is 4.98 Å². The molecule has 168 valence electrons. The zero-order valence-electron chi connectivity index (χ0n) is 20.0. The Morgan fingerprint density at radius 1 is 1.31 bits per heavy atom. The lowest BCUT2D eigenvalue weighted by Crippen LogP contribution is -2.24. The lowest BCUT2D eigenvalue weighted by molar-refractivity contribution is 0.510. The number of hydrogen-bond acceptors (Lipinski definition) is 2. The topological polar surface area (TPSA) is 55.6 Å². The van der Waals surface area contributed by atoms with Crippen molar-refractivity contribution in [3.8, 4) is 0 Å². The van der Waals surface area contributed by atoms with E-state index in [2.05, 4.69) is 42.8 Å². The Kier molecular flexibility index (Phi) is 6.09. The number of aromatic nitrogens is 4. The summed E-state index contributed by atoms with van der Waals surface area (Å²) in [5.41, 5.74) is 8.07. The third kappa shape index (κ3) is 3.40. The molecule has 5 nitrogen and oxygen atoms in total. The van der Waals surface area contributed by atoms with Gasteiger partial charge in [0.2, 0.25) is 0 Å². The van der Waals surface area contributed by atoms with Crippen molar-refractivity contribution >= 4 is 33.2 Å². The molecule has 1 N–H and O–H groups in total. The summed E-state index contributed by atoms with van der Waals surface area (Å²) in [4.78, 5) is 21.8. The first kappa shape index (κ1) is 22.1. The summed E-state index contributed by atoms with van der Waals surface area (Å²) in [7, 11) is 1.86. The molecule has 3 heterocycles. The Balaban J connectivity index is 2.23. The van der Waals surface area contributed by atoms with Crippen LogP contribution in [-0.2, 0) is 7.05 Å². The summed E-state index contributed by atoms with van der Waals surface area (Å²) < 4.78 is 3.80. The Labute approximate surface area is 189 Å². The number of nitrogens with one attached hydrogen (secondary N) is 1. The van der Waals surface area contributed by atoms with Crippen molar-refractivity contribution in [1.82, 2.24) is 19.1 Å². The van der Waals surface area contributed by atoms with Crippen LogP contribution in [0.1, 0.15) is 77.1 Å². The molecule has 0 unspecified atom stereocenters. The number of fused-ring (bicyclic) bond motifs is 3. The lowest BCUT2D eigenvalue weighted by atomic mass is 9.94. The van der Waals surface area contributed by atoms with Crippen molar-refractivity contribution in [3.63, 3.8) is 0 Å². The van der Waals surface area contributed by atoms with Gasteiger partial charge in [-0.15, -0.1) is 0 Å². The van der Waals surface area contributed by atoms with Crippen LogP contribution in [-0.4, -0.2) is 19.1 Å². The maximum Gasteiger partial charge on any atom is 0.329 e. The highest BCUT2D eigenvalue weighted by Crippen LogP contribution is 2.40. The maximum absolute atomic E-state index is 13.4. The number of nitrogens with zero attached hydrogens (tertiary/aromatic N) is 3. The Hall–Kier alpha value is -3.08. The SMILES string of the molecule is C=C(C)/C(=C\C)c1[nH]c2ncc3c(c2c1C(/C=C\C)=C/CC)n(C1CCCC1)c(=O)n3C. The minimum Gasteiger partial charge on any atom is -0.339 e. The minimum atomic E-state index is 0.0492. The van der Waals surface area contributed by atoms with Crippen molar-refractivity contribution in [2.75, 3.05) is 0 Å². The van der Waals surface area contributed by atoms with Crippen LogP contribution in [0.2, 0.25) is 0 Å². The maximum atomic E-state index is 13.4. The number of hydrogen-bond donors (Lipinski definition) is 1. The molecular formula is C27H34N4O. The average Bonchev–Trinajstić information content (AvgIpc) is 3.46. The van der Waals surface area contributed by atoms with Crippen LogP contribution in [0.4, 0.5) is 0 Å². The molecule has 0 spiro atoms. The van der Waals surface area contributed by atoms with Gasteiger partial charge in [-0.3, -0.25) is 9.13 Å². The first-order valence-electron chi connectivity index (χ1n) is 11.7. The molecule has 0 aliphatic heterocycles. The zero-order chi connectivity index (χ0) is 23.0. The number of H-pyrrole nitrogens is 1. The second-order valence-electron chi connectivity index (χ2n) is 8.79. The third-order valence-electron chi connectivity index (χ3n) is 6.64. The summed E-state index contributed by atoms with van der Waals surface area (Å²) in [6.45, 7) is 12.5. The molecule has 1 aliphatic carbocycles. The quantitative estimate of drug-likeness (QED) is 0.443. The van der Waals surface area contributed by atoms with Crippen LogP contribution in [0.3, 0.4) is 0 Å². The number of pyridine rings is 1. The van der Waals surface area contributed by atoms with Crippen molar-refractivity contribution in [1.29, 1.82) is 0 Å². The number of aromatic amines is 1. The number of rotatable bonds is 6. The molecule has 4 rings (SSSR count). The summed E-state index contributed by atoms with van der Waals surface area (Å²) in [5.74, 6) is 0. The predicted molar refractivity (Wildman–Crippen MR) is 136 cm³/mol. The van der Waals surface area contributed by atoms with E-state index in [0.717, 1.165) is 69.3 Å². The summed E-state index contributed by atoms with van der Waals surface area (Å²) in [6, 6.07) is 0.241. The van der Waals surface area contributed by atoms with Crippen LogP contribution in [0, 0.1) is 0 Å². The number of allylic oxidation sites excluding steroid dienone is 7. The molecule has 5 heteroatoms. The molecule has 32 heavy (non-hydrogen) atoms. The van der Waals surface area contributed by atoms with E-state index in [9.17, 15) is 4.79 Å². The van der Waals surface area contributed by atoms with E-state index in [-0.39, 0.29) is 11.7 Å². The van der Waals surface area contributed by atoms with Crippen molar-refractivity contribution in [3.05, 3.63) is 64.4 Å². The first-order chi connectivity index (χ1) is 15.4. The summed E-state index contributed by atoms with van der Waals surface area (Å²) in [5, 5.41) is 1.03. The minimum absolute atomic E-state index is 0.0492. The van der Waals surface area contributed by atoms with Gasteiger partial charge in [0.15, 0.2) is 0 Å². The summed E-state index contributed by atoms with van der Waals surface area (Å²) in [6.07, 6.45) is 15.8. The fourth-order valence-corrected chi connectivity index (χ4v) is 5.23.